The molecule has 0 aliphatic rings. The Morgan fingerprint density at radius 2 is 1.33 bits per heavy atom. The van der Waals surface area contributed by atoms with Crippen LogP contribution in [0.5, 0.6) is 5.75 Å². The van der Waals surface area contributed by atoms with E-state index in [1.54, 1.807) is 0 Å². The third-order valence-corrected chi connectivity index (χ3v) is 5.64. The van der Waals surface area contributed by atoms with Gasteiger partial charge in [0.2, 0.25) is 0 Å². The Hall–Kier alpha value is -2.29. The van der Waals surface area contributed by atoms with Gasteiger partial charge in [-0.3, -0.25) is 4.79 Å². The van der Waals surface area contributed by atoms with Crippen molar-refractivity contribution in [3.63, 3.8) is 0 Å². The van der Waals surface area contributed by atoms with E-state index in [-0.39, 0.29) is 28.1 Å². The first-order valence-electron chi connectivity index (χ1n) is 10.7. The Labute approximate surface area is 182 Å². The highest BCUT2D eigenvalue weighted by atomic mass is 16.5. The van der Waals surface area contributed by atoms with E-state index in [0.29, 0.717) is 12.4 Å². The lowest BCUT2D eigenvalue weighted by molar-refractivity contribution is -0.144. The van der Waals surface area contributed by atoms with Crippen molar-refractivity contribution in [2.75, 3.05) is 6.61 Å². The standard InChI is InChI=1S/C27H38O3/c1-18(28)30-17-27(8,9)23(19-13-11-10-12-14-19)20-15-21(25(2,3)4)24(29)22(16-20)26(5,6)7/h10-16,23,29H,17H2,1-9H3/t23-/m0/s1. The summed E-state index contributed by atoms with van der Waals surface area (Å²) in [6, 6.07) is 14.6. The molecule has 3 heteroatoms. The highest BCUT2D eigenvalue weighted by molar-refractivity contribution is 5.66. The number of aromatic hydroxyl groups is 1. The summed E-state index contributed by atoms with van der Waals surface area (Å²) in [4.78, 5) is 11.5. The molecule has 2 rings (SSSR count). The first-order chi connectivity index (χ1) is 13.6. The van der Waals surface area contributed by atoms with Gasteiger partial charge in [0.1, 0.15) is 5.75 Å². The predicted octanol–water partition coefficient (Wildman–Crippen LogP) is 6.71. The lowest BCUT2D eigenvalue weighted by Gasteiger charge is -2.37. The number of ether oxygens (including phenoxy) is 1. The number of benzene rings is 2. The second-order valence-electron chi connectivity index (χ2n) is 11.1. The molecule has 0 amide bonds. The Morgan fingerprint density at radius 1 is 0.867 bits per heavy atom. The fourth-order valence-electron chi connectivity index (χ4n) is 4.08. The van der Waals surface area contributed by atoms with Crippen LogP contribution in [0.25, 0.3) is 0 Å². The zero-order valence-electron chi connectivity index (χ0n) is 20.1. The van der Waals surface area contributed by atoms with E-state index >= 15 is 0 Å². The average Bonchev–Trinajstić information content (AvgIpc) is 2.60. The highest BCUT2D eigenvalue weighted by Gasteiger charge is 2.36. The molecule has 30 heavy (non-hydrogen) atoms. The first kappa shape index (κ1) is 24.0. The summed E-state index contributed by atoms with van der Waals surface area (Å²) in [5.41, 5.74) is 3.42. The SMILES string of the molecule is CC(=O)OCC(C)(C)[C@@H](c1ccccc1)c1cc(C(C)(C)C)c(O)c(C(C)(C)C)c1. The van der Waals surface area contributed by atoms with Crippen LogP contribution < -0.4 is 0 Å². The molecule has 0 unspecified atom stereocenters. The maximum atomic E-state index is 11.5. The lowest BCUT2D eigenvalue weighted by atomic mass is 9.69. The van der Waals surface area contributed by atoms with Gasteiger partial charge >= 0.3 is 5.97 Å². The number of carbonyl (C=O) groups is 1. The second kappa shape index (κ2) is 8.45. The number of rotatable bonds is 5. The van der Waals surface area contributed by atoms with Crippen LogP contribution in [0.15, 0.2) is 42.5 Å². The van der Waals surface area contributed by atoms with Gasteiger partial charge in [0.25, 0.3) is 0 Å². The maximum absolute atomic E-state index is 11.5. The Morgan fingerprint density at radius 3 is 1.73 bits per heavy atom. The quantitative estimate of drug-likeness (QED) is 0.557. The maximum Gasteiger partial charge on any atom is 0.302 e. The molecule has 0 heterocycles. The van der Waals surface area contributed by atoms with E-state index in [1.807, 2.05) is 18.2 Å². The monoisotopic (exact) mass is 410 g/mol. The lowest BCUT2D eigenvalue weighted by Crippen LogP contribution is -2.30. The van der Waals surface area contributed by atoms with Crippen LogP contribution in [-0.4, -0.2) is 17.7 Å². The fraction of sp³-hybridized carbons (Fsp3) is 0.519. The molecule has 0 radical (unpaired) electrons. The van der Waals surface area contributed by atoms with Gasteiger partial charge in [0.05, 0.1) is 6.61 Å². The molecule has 0 saturated carbocycles. The average molecular weight is 411 g/mol. The van der Waals surface area contributed by atoms with E-state index in [0.717, 1.165) is 16.7 Å². The minimum atomic E-state index is -0.339. The number of phenolic OH excluding ortho intramolecular Hbond substituents is 1. The molecule has 0 aliphatic heterocycles. The van der Waals surface area contributed by atoms with Gasteiger partial charge in [-0.25, -0.2) is 0 Å². The van der Waals surface area contributed by atoms with Crippen LogP contribution in [0, 0.1) is 5.41 Å². The van der Waals surface area contributed by atoms with Crippen molar-refractivity contribution in [1.82, 2.24) is 0 Å². The highest BCUT2D eigenvalue weighted by Crippen LogP contribution is 2.46. The molecule has 3 nitrogen and oxygen atoms in total. The zero-order chi connectivity index (χ0) is 22.9. The van der Waals surface area contributed by atoms with Crippen molar-refractivity contribution in [2.45, 2.75) is 79.1 Å². The molecule has 0 fully saturated rings. The summed E-state index contributed by atoms with van der Waals surface area (Å²) in [5.74, 6) is 0.107. The number of hydrogen-bond donors (Lipinski definition) is 1. The molecule has 0 spiro atoms. The van der Waals surface area contributed by atoms with Crippen molar-refractivity contribution in [3.8, 4) is 5.75 Å². The normalized spacial score (nSPS) is 13.8. The molecular formula is C27H38O3. The topological polar surface area (TPSA) is 46.5 Å². The molecular weight excluding hydrogens is 372 g/mol. The summed E-state index contributed by atoms with van der Waals surface area (Å²) in [6.45, 7) is 18.8. The number of carbonyl (C=O) groups excluding carboxylic acids is 1. The summed E-state index contributed by atoms with van der Waals surface area (Å²) < 4.78 is 5.46. The summed E-state index contributed by atoms with van der Waals surface area (Å²) in [6.07, 6.45) is 0. The number of esters is 1. The van der Waals surface area contributed by atoms with Crippen LogP contribution in [-0.2, 0) is 20.4 Å². The third-order valence-electron chi connectivity index (χ3n) is 5.64. The second-order valence-corrected chi connectivity index (χ2v) is 11.1. The minimum Gasteiger partial charge on any atom is -0.507 e. The van der Waals surface area contributed by atoms with Gasteiger partial charge in [-0.15, -0.1) is 0 Å². The molecule has 164 valence electrons. The van der Waals surface area contributed by atoms with E-state index < -0.39 is 0 Å². The molecule has 2 aromatic carbocycles. The molecule has 0 aliphatic carbocycles. The molecule has 0 aromatic heterocycles. The smallest absolute Gasteiger partial charge is 0.302 e. The van der Waals surface area contributed by atoms with Gasteiger partial charge in [-0.2, -0.15) is 0 Å². The van der Waals surface area contributed by atoms with Gasteiger partial charge < -0.3 is 9.84 Å². The minimum absolute atomic E-state index is 0.000787. The van der Waals surface area contributed by atoms with Gasteiger partial charge in [0.15, 0.2) is 0 Å². The predicted molar refractivity (Wildman–Crippen MR) is 124 cm³/mol. The summed E-state index contributed by atoms with van der Waals surface area (Å²) >= 11 is 0. The van der Waals surface area contributed by atoms with Crippen LogP contribution in [0.1, 0.15) is 90.5 Å². The number of hydrogen-bond acceptors (Lipinski definition) is 3. The number of phenols is 1. The van der Waals surface area contributed by atoms with Crippen LogP contribution in [0.3, 0.4) is 0 Å². The Kier molecular flexibility index (Phi) is 6.76. The van der Waals surface area contributed by atoms with Gasteiger partial charge in [-0.05, 0) is 33.1 Å². The molecule has 0 bridgehead atoms. The van der Waals surface area contributed by atoms with Gasteiger partial charge in [0, 0.05) is 18.3 Å². The van der Waals surface area contributed by atoms with Crippen molar-refractivity contribution in [1.29, 1.82) is 0 Å². The summed E-state index contributed by atoms with van der Waals surface area (Å²) in [5, 5.41) is 11.1. The van der Waals surface area contributed by atoms with Crippen LogP contribution in [0.2, 0.25) is 0 Å². The molecule has 0 saturated heterocycles. The fourth-order valence-corrected chi connectivity index (χ4v) is 4.08. The van der Waals surface area contributed by atoms with E-state index in [4.69, 9.17) is 4.74 Å². The van der Waals surface area contributed by atoms with E-state index in [2.05, 4.69) is 79.7 Å². The van der Waals surface area contributed by atoms with Crippen molar-refractivity contribution in [2.24, 2.45) is 5.41 Å². The van der Waals surface area contributed by atoms with E-state index in [1.165, 1.54) is 12.5 Å². The Balaban J connectivity index is 2.79. The third kappa shape index (κ3) is 5.44. The molecule has 2 aromatic rings. The molecule has 1 N–H and O–H groups in total. The first-order valence-corrected chi connectivity index (χ1v) is 10.7. The van der Waals surface area contributed by atoms with Crippen molar-refractivity contribution < 1.29 is 14.6 Å². The largest absolute Gasteiger partial charge is 0.507 e. The van der Waals surface area contributed by atoms with Crippen molar-refractivity contribution >= 4 is 5.97 Å². The molecule has 1 atom stereocenters. The summed E-state index contributed by atoms with van der Waals surface area (Å²) in [7, 11) is 0. The van der Waals surface area contributed by atoms with Crippen molar-refractivity contribution in [3.05, 3.63) is 64.7 Å². The van der Waals surface area contributed by atoms with E-state index in [9.17, 15) is 9.90 Å². The Bertz CT molecular complexity index is 846. The zero-order valence-corrected chi connectivity index (χ0v) is 20.1. The van der Waals surface area contributed by atoms with Crippen LogP contribution in [0.4, 0.5) is 0 Å². The van der Waals surface area contributed by atoms with Crippen LogP contribution >= 0.6 is 0 Å². The van der Waals surface area contributed by atoms with Gasteiger partial charge in [-0.1, -0.05) is 97.9 Å².